The van der Waals surface area contributed by atoms with Crippen LogP contribution in [-0.4, -0.2) is 20.5 Å². The fourth-order valence-electron chi connectivity index (χ4n) is 2.67. The lowest BCUT2D eigenvalue weighted by molar-refractivity contribution is -0.115. The molecule has 1 amide bonds. The summed E-state index contributed by atoms with van der Waals surface area (Å²) in [5.74, 6) is -0.194. The minimum absolute atomic E-state index is 0.194. The van der Waals surface area contributed by atoms with E-state index in [0.717, 1.165) is 22.5 Å². The van der Waals surface area contributed by atoms with Crippen LogP contribution in [0.1, 0.15) is 16.8 Å². The van der Waals surface area contributed by atoms with Crippen LogP contribution >= 0.6 is 23.4 Å². The molecular weight excluding hydrogens is 368 g/mol. The Kier molecular flexibility index (Phi) is 4.30. The highest BCUT2D eigenvalue weighted by atomic mass is 35.5. The number of nitrogens with zero attached hydrogens (tertiary/aromatic N) is 3. The van der Waals surface area contributed by atoms with E-state index >= 15 is 0 Å². The number of hydrogen-bond donors (Lipinski definition) is 1. The summed E-state index contributed by atoms with van der Waals surface area (Å²) in [6.07, 6.45) is 3.61. The van der Waals surface area contributed by atoms with Crippen molar-refractivity contribution in [1.82, 2.24) is 14.7 Å². The summed E-state index contributed by atoms with van der Waals surface area (Å²) in [5.41, 5.74) is 4.43. The number of hydrogen-bond acceptors (Lipinski definition) is 4. The molecule has 26 heavy (non-hydrogen) atoms. The van der Waals surface area contributed by atoms with Crippen molar-refractivity contribution in [1.29, 1.82) is 0 Å². The molecule has 1 aliphatic rings. The van der Waals surface area contributed by atoms with Crippen LogP contribution in [0.3, 0.4) is 0 Å². The van der Waals surface area contributed by atoms with Crippen LogP contribution in [0, 0.1) is 13.8 Å². The maximum atomic E-state index is 12.3. The Balaban J connectivity index is 1.70. The molecule has 7 heteroatoms. The summed E-state index contributed by atoms with van der Waals surface area (Å²) in [5, 5.41) is 3.73. The van der Waals surface area contributed by atoms with Gasteiger partial charge in [-0.1, -0.05) is 29.8 Å². The third-order valence-corrected chi connectivity index (χ3v) is 5.22. The largest absolute Gasteiger partial charge is 0.300 e. The number of benzene rings is 1. The van der Waals surface area contributed by atoms with Crippen molar-refractivity contribution in [3.8, 4) is 0 Å². The number of pyridine rings is 1. The van der Waals surface area contributed by atoms with Gasteiger partial charge in [0.2, 0.25) is 0 Å². The van der Waals surface area contributed by atoms with Gasteiger partial charge in [-0.15, -0.1) is 0 Å². The van der Waals surface area contributed by atoms with E-state index in [1.54, 1.807) is 6.08 Å². The van der Waals surface area contributed by atoms with Crippen LogP contribution in [0.25, 0.3) is 11.7 Å². The maximum Gasteiger partial charge on any atom is 0.264 e. The number of aryl methyl sites for hydroxylation is 2. The highest BCUT2D eigenvalue weighted by molar-refractivity contribution is 8.18. The van der Waals surface area contributed by atoms with E-state index in [2.05, 4.69) is 15.3 Å². The van der Waals surface area contributed by atoms with Crippen LogP contribution in [0.4, 0.5) is 5.69 Å². The zero-order valence-electron chi connectivity index (χ0n) is 14.2. The lowest BCUT2D eigenvalue weighted by Gasteiger charge is -2.02. The quantitative estimate of drug-likeness (QED) is 0.664. The van der Waals surface area contributed by atoms with Gasteiger partial charge in [-0.25, -0.2) is 9.98 Å². The van der Waals surface area contributed by atoms with Crippen molar-refractivity contribution in [3.05, 3.63) is 69.5 Å². The Morgan fingerprint density at radius 2 is 2.12 bits per heavy atom. The Labute approximate surface area is 159 Å². The minimum Gasteiger partial charge on any atom is -0.300 e. The molecule has 0 bridgehead atoms. The molecule has 0 unspecified atom stereocenters. The van der Waals surface area contributed by atoms with E-state index in [1.807, 2.05) is 60.8 Å². The Bertz CT molecular complexity index is 1100. The zero-order valence-corrected chi connectivity index (χ0v) is 15.7. The van der Waals surface area contributed by atoms with Gasteiger partial charge in [0.25, 0.3) is 5.91 Å². The average Bonchev–Trinajstić information content (AvgIpc) is 3.11. The van der Waals surface area contributed by atoms with Gasteiger partial charge in [0.15, 0.2) is 10.3 Å². The number of aromatic nitrogens is 2. The molecular formula is C19H15ClN4OS. The van der Waals surface area contributed by atoms with Crippen LogP contribution in [0.15, 0.2) is 52.5 Å². The highest BCUT2D eigenvalue weighted by Crippen LogP contribution is 2.31. The van der Waals surface area contributed by atoms with Crippen molar-refractivity contribution in [3.63, 3.8) is 0 Å². The smallest absolute Gasteiger partial charge is 0.264 e. The van der Waals surface area contributed by atoms with Crippen molar-refractivity contribution in [2.24, 2.45) is 4.99 Å². The van der Waals surface area contributed by atoms with Gasteiger partial charge in [0, 0.05) is 6.20 Å². The summed E-state index contributed by atoms with van der Waals surface area (Å²) in [4.78, 5) is 21.8. The SMILES string of the molecule is Cc1ccc(C)c(N=C2NC(=O)/C(=C/c3c(Cl)nc4ccccn34)S2)c1. The molecule has 0 radical (unpaired) electrons. The molecule has 3 heterocycles. The van der Waals surface area contributed by atoms with E-state index in [0.29, 0.717) is 20.9 Å². The molecule has 130 valence electrons. The molecule has 1 aromatic carbocycles. The summed E-state index contributed by atoms with van der Waals surface area (Å²) >= 11 is 7.54. The van der Waals surface area contributed by atoms with Gasteiger partial charge in [0.05, 0.1) is 16.3 Å². The second kappa shape index (κ2) is 6.63. The van der Waals surface area contributed by atoms with Gasteiger partial charge < -0.3 is 5.32 Å². The molecule has 2 aromatic heterocycles. The zero-order chi connectivity index (χ0) is 18.3. The highest BCUT2D eigenvalue weighted by Gasteiger charge is 2.25. The monoisotopic (exact) mass is 382 g/mol. The third-order valence-electron chi connectivity index (χ3n) is 4.03. The molecule has 1 fully saturated rings. The van der Waals surface area contributed by atoms with Crippen LogP contribution in [0.5, 0.6) is 0 Å². The molecule has 0 aliphatic carbocycles. The first kappa shape index (κ1) is 16.9. The number of nitrogens with one attached hydrogen (secondary N) is 1. The number of amidine groups is 1. The van der Waals surface area contributed by atoms with E-state index in [4.69, 9.17) is 11.6 Å². The first-order valence-electron chi connectivity index (χ1n) is 8.01. The summed E-state index contributed by atoms with van der Waals surface area (Å²) in [7, 11) is 0. The fraction of sp³-hybridized carbons (Fsp3) is 0.105. The summed E-state index contributed by atoms with van der Waals surface area (Å²) in [6, 6.07) is 11.7. The van der Waals surface area contributed by atoms with Gasteiger partial charge in [-0.05, 0) is 61.0 Å². The first-order valence-corrected chi connectivity index (χ1v) is 9.20. The average molecular weight is 383 g/mol. The predicted molar refractivity (Wildman–Crippen MR) is 107 cm³/mol. The number of rotatable bonds is 2. The number of aliphatic imine (C=N–C) groups is 1. The van der Waals surface area contributed by atoms with E-state index in [9.17, 15) is 4.79 Å². The van der Waals surface area contributed by atoms with Crippen LogP contribution in [-0.2, 0) is 4.79 Å². The van der Waals surface area contributed by atoms with Crippen molar-refractivity contribution < 1.29 is 4.79 Å². The topological polar surface area (TPSA) is 58.8 Å². The Hall–Kier alpha value is -2.57. The summed E-state index contributed by atoms with van der Waals surface area (Å²) in [6.45, 7) is 4.01. The van der Waals surface area contributed by atoms with E-state index in [1.165, 1.54) is 11.8 Å². The first-order chi connectivity index (χ1) is 12.5. The Morgan fingerprint density at radius 1 is 1.27 bits per heavy atom. The molecule has 1 aliphatic heterocycles. The molecule has 4 rings (SSSR count). The maximum absolute atomic E-state index is 12.3. The predicted octanol–water partition coefficient (Wildman–Crippen LogP) is 4.50. The normalized spacial score (nSPS) is 17.4. The van der Waals surface area contributed by atoms with Crippen LogP contribution in [0.2, 0.25) is 5.15 Å². The lowest BCUT2D eigenvalue weighted by atomic mass is 10.1. The molecule has 1 saturated heterocycles. The van der Waals surface area contributed by atoms with E-state index < -0.39 is 0 Å². The number of amides is 1. The van der Waals surface area contributed by atoms with Gasteiger partial charge >= 0.3 is 0 Å². The molecule has 1 N–H and O–H groups in total. The van der Waals surface area contributed by atoms with Crippen molar-refractivity contribution in [2.45, 2.75) is 13.8 Å². The van der Waals surface area contributed by atoms with E-state index in [-0.39, 0.29) is 5.91 Å². The minimum atomic E-state index is -0.194. The molecule has 0 spiro atoms. The van der Waals surface area contributed by atoms with Crippen molar-refractivity contribution >= 4 is 51.8 Å². The fourth-order valence-corrected chi connectivity index (χ4v) is 3.71. The number of imidazole rings is 1. The number of carbonyl (C=O) groups is 1. The molecule has 5 nitrogen and oxygen atoms in total. The van der Waals surface area contributed by atoms with Gasteiger partial charge in [0.1, 0.15) is 5.65 Å². The lowest BCUT2D eigenvalue weighted by Crippen LogP contribution is -2.19. The second-order valence-corrected chi connectivity index (χ2v) is 7.38. The van der Waals surface area contributed by atoms with Gasteiger partial charge in [-0.3, -0.25) is 9.20 Å². The summed E-state index contributed by atoms with van der Waals surface area (Å²) < 4.78 is 1.85. The number of carbonyl (C=O) groups excluding carboxylic acids is 1. The second-order valence-electron chi connectivity index (χ2n) is 5.99. The number of halogens is 1. The number of thioether (sulfide) groups is 1. The van der Waals surface area contributed by atoms with Crippen LogP contribution < -0.4 is 5.32 Å². The molecule has 3 aromatic rings. The number of fused-ring (bicyclic) bond motifs is 1. The molecule has 0 atom stereocenters. The van der Waals surface area contributed by atoms with Crippen molar-refractivity contribution in [2.75, 3.05) is 0 Å². The Morgan fingerprint density at radius 3 is 2.96 bits per heavy atom. The molecule has 0 saturated carbocycles. The third kappa shape index (κ3) is 3.13. The van der Waals surface area contributed by atoms with Gasteiger partial charge in [-0.2, -0.15) is 0 Å². The standard InChI is InChI=1S/C19H15ClN4OS/c1-11-6-7-12(2)13(9-11)21-19-23-18(25)15(26-19)10-14-17(20)22-16-5-3-4-8-24(14)16/h3-10H,1-2H3,(H,21,23,25)/b15-10-.